The second-order valence-electron chi connectivity index (χ2n) is 4.59. The molecule has 2 aromatic rings. The van der Waals surface area contributed by atoms with Crippen LogP contribution in [0, 0.1) is 0 Å². The summed E-state index contributed by atoms with van der Waals surface area (Å²) in [5, 5.41) is 12.1. The molecule has 2 rings (SSSR count). The minimum absolute atomic E-state index is 0.0192. The number of aliphatic carboxylic acids is 1. The largest absolute Gasteiger partial charge is 0.481 e. The molecule has 1 aromatic heterocycles. The van der Waals surface area contributed by atoms with Crippen molar-refractivity contribution in [2.75, 3.05) is 13.7 Å². The van der Waals surface area contributed by atoms with Gasteiger partial charge in [0.2, 0.25) is 0 Å². The highest BCUT2D eigenvalue weighted by Gasteiger charge is 2.19. The average molecular weight is 291 g/mol. The molecule has 2 N–H and O–H groups in total. The molecule has 6 heteroatoms. The van der Waals surface area contributed by atoms with Crippen LogP contribution in [0.25, 0.3) is 11.0 Å². The van der Waals surface area contributed by atoms with E-state index in [0.717, 1.165) is 5.39 Å². The van der Waals surface area contributed by atoms with Crippen molar-refractivity contribution in [2.24, 2.45) is 0 Å². The van der Waals surface area contributed by atoms with E-state index in [2.05, 4.69) is 5.32 Å². The van der Waals surface area contributed by atoms with E-state index in [1.165, 1.54) is 0 Å². The van der Waals surface area contributed by atoms with Gasteiger partial charge in [0, 0.05) is 31.0 Å². The lowest BCUT2D eigenvalue weighted by Gasteiger charge is -2.04. The first-order valence-electron chi connectivity index (χ1n) is 6.63. The van der Waals surface area contributed by atoms with Gasteiger partial charge >= 0.3 is 5.97 Å². The topological polar surface area (TPSA) is 88.8 Å². The lowest BCUT2D eigenvalue weighted by atomic mass is 10.1. The monoisotopic (exact) mass is 291 g/mol. The van der Waals surface area contributed by atoms with Crippen molar-refractivity contribution >= 4 is 22.8 Å². The van der Waals surface area contributed by atoms with Gasteiger partial charge in [-0.1, -0.05) is 18.2 Å². The van der Waals surface area contributed by atoms with Crippen LogP contribution in [-0.2, 0) is 16.1 Å². The maximum Gasteiger partial charge on any atom is 0.303 e. The fourth-order valence-corrected chi connectivity index (χ4v) is 2.09. The van der Waals surface area contributed by atoms with Gasteiger partial charge in [-0.05, 0) is 12.5 Å². The zero-order valence-corrected chi connectivity index (χ0v) is 11.7. The van der Waals surface area contributed by atoms with Crippen LogP contribution in [0.3, 0.4) is 0 Å². The van der Waals surface area contributed by atoms with E-state index in [9.17, 15) is 9.59 Å². The van der Waals surface area contributed by atoms with Crippen LogP contribution in [-0.4, -0.2) is 30.6 Å². The number of rotatable bonds is 7. The summed E-state index contributed by atoms with van der Waals surface area (Å²) in [6.07, 6.45) is 0.395. The average Bonchev–Trinajstić information content (AvgIpc) is 2.83. The van der Waals surface area contributed by atoms with Crippen molar-refractivity contribution < 1.29 is 23.8 Å². The van der Waals surface area contributed by atoms with Crippen molar-refractivity contribution in [3.05, 3.63) is 35.6 Å². The van der Waals surface area contributed by atoms with E-state index in [4.69, 9.17) is 14.3 Å². The van der Waals surface area contributed by atoms with Gasteiger partial charge < -0.3 is 19.6 Å². The maximum absolute atomic E-state index is 12.1. The van der Waals surface area contributed by atoms with E-state index in [1.807, 2.05) is 18.2 Å². The number of amides is 1. The first-order valence-corrected chi connectivity index (χ1v) is 6.63. The number of fused-ring (bicyclic) bond motifs is 1. The van der Waals surface area contributed by atoms with E-state index < -0.39 is 5.97 Å². The number of para-hydroxylation sites is 1. The summed E-state index contributed by atoms with van der Waals surface area (Å²) in [5.41, 5.74) is 1.32. The molecule has 112 valence electrons. The third kappa shape index (κ3) is 3.61. The Balaban J connectivity index is 2.14. The molecule has 0 saturated heterocycles. The van der Waals surface area contributed by atoms with Gasteiger partial charge in [0.1, 0.15) is 5.58 Å². The highest BCUT2D eigenvalue weighted by molar-refractivity contribution is 5.99. The maximum atomic E-state index is 12.1. The van der Waals surface area contributed by atoms with E-state index in [-0.39, 0.29) is 31.2 Å². The van der Waals surface area contributed by atoms with Gasteiger partial charge in [0.05, 0.1) is 6.61 Å². The van der Waals surface area contributed by atoms with Gasteiger partial charge in [-0.15, -0.1) is 0 Å². The first-order chi connectivity index (χ1) is 10.1. The summed E-state index contributed by atoms with van der Waals surface area (Å²) in [6.45, 7) is 0.559. The Morgan fingerprint density at radius 1 is 1.33 bits per heavy atom. The van der Waals surface area contributed by atoms with Crippen molar-refractivity contribution in [1.82, 2.24) is 5.32 Å². The molecule has 1 aromatic carbocycles. The first kappa shape index (κ1) is 15.1. The quantitative estimate of drug-likeness (QED) is 0.763. The normalized spacial score (nSPS) is 10.7. The number of carboxylic acids is 1. The van der Waals surface area contributed by atoms with Gasteiger partial charge in [-0.25, -0.2) is 0 Å². The molecule has 0 saturated carbocycles. The summed E-state index contributed by atoms with van der Waals surface area (Å²) >= 11 is 0. The number of ether oxygens (including phenoxy) is 1. The van der Waals surface area contributed by atoms with Crippen molar-refractivity contribution in [2.45, 2.75) is 19.4 Å². The summed E-state index contributed by atoms with van der Waals surface area (Å²) in [4.78, 5) is 22.6. The zero-order chi connectivity index (χ0) is 15.2. The summed E-state index contributed by atoms with van der Waals surface area (Å²) < 4.78 is 10.7. The van der Waals surface area contributed by atoms with E-state index in [1.54, 1.807) is 13.2 Å². The predicted molar refractivity (Wildman–Crippen MR) is 76.1 cm³/mol. The Kier molecular flexibility index (Phi) is 4.94. The number of carbonyl (C=O) groups excluding carboxylic acids is 1. The number of benzene rings is 1. The molecule has 1 amide bonds. The van der Waals surface area contributed by atoms with Crippen molar-refractivity contribution in [3.8, 4) is 0 Å². The molecule has 6 nitrogen and oxygen atoms in total. The minimum Gasteiger partial charge on any atom is -0.481 e. The molecule has 0 radical (unpaired) electrons. The molecule has 0 aliphatic rings. The standard InChI is InChI=1S/C15H17NO5/c1-20-9-11-10-5-2-3-6-12(10)21-14(11)15(19)16-8-4-7-13(17)18/h2-3,5-6H,4,7-9H2,1H3,(H,16,19)(H,17,18). The number of furan rings is 1. The molecular weight excluding hydrogens is 274 g/mol. The third-order valence-corrected chi connectivity index (χ3v) is 3.05. The van der Waals surface area contributed by atoms with Crippen LogP contribution in [0.2, 0.25) is 0 Å². The smallest absolute Gasteiger partial charge is 0.303 e. The van der Waals surface area contributed by atoms with Gasteiger partial charge in [0.25, 0.3) is 5.91 Å². The molecule has 1 heterocycles. The third-order valence-electron chi connectivity index (χ3n) is 3.05. The lowest BCUT2D eigenvalue weighted by molar-refractivity contribution is -0.137. The molecule has 0 bridgehead atoms. The van der Waals surface area contributed by atoms with Crippen LogP contribution < -0.4 is 5.32 Å². The molecule has 0 spiro atoms. The van der Waals surface area contributed by atoms with Gasteiger partial charge in [-0.3, -0.25) is 9.59 Å². The molecule has 21 heavy (non-hydrogen) atoms. The highest BCUT2D eigenvalue weighted by atomic mass is 16.5. The Bertz CT molecular complexity index is 647. The van der Waals surface area contributed by atoms with E-state index >= 15 is 0 Å². The molecule has 0 aliphatic heterocycles. The van der Waals surface area contributed by atoms with Gasteiger partial charge in [-0.2, -0.15) is 0 Å². The number of hydrogen-bond acceptors (Lipinski definition) is 4. The van der Waals surface area contributed by atoms with Gasteiger partial charge in [0.15, 0.2) is 5.76 Å². The number of methoxy groups -OCH3 is 1. The van der Waals surface area contributed by atoms with Crippen LogP contribution in [0.15, 0.2) is 28.7 Å². The fourth-order valence-electron chi connectivity index (χ4n) is 2.09. The second kappa shape index (κ2) is 6.90. The molecule has 0 atom stereocenters. The summed E-state index contributed by atoms with van der Waals surface area (Å²) in [7, 11) is 1.55. The summed E-state index contributed by atoms with van der Waals surface area (Å²) in [6, 6.07) is 7.35. The zero-order valence-electron chi connectivity index (χ0n) is 11.7. The van der Waals surface area contributed by atoms with Crippen LogP contribution in [0.1, 0.15) is 29.0 Å². The van der Waals surface area contributed by atoms with Crippen molar-refractivity contribution in [3.63, 3.8) is 0 Å². The lowest BCUT2D eigenvalue weighted by Crippen LogP contribution is -2.25. The van der Waals surface area contributed by atoms with Crippen LogP contribution in [0.4, 0.5) is 0 Å². The van der Waals surface area contributed by atoms with E-state index in [0.29, 0.717) is 17.6 Å². The Morgan fingerprint density at radius 2 is 2.10 bits per heavy atom. The molecule has 0 aliphatic carbocycles. The fraction of sp³-hybridized carbons (Fsp3) is 0.333. The number of carbonyl (C=O) groups is 2. The second-order valence-corrected chi connectivity index (χ2v) is 4.59. The number of hydrogen-bond donors (Lipinski definition) is 2. The SMILES string of the molecule is COCc1c(C(=O)NCCCC(=O)O)oc2ccccc12. The molecule has 0 unspecified atom stereocenters. The van der Waals surface area contributed by atoms with Crippen LogP contribution in [0.5, 0.6) is 0 Å². The Morgan fingerprint density at radius 3 is 2.81 bits per heavy atom. The number of carboxylic acid groups (broad SMARTS) is 1. The molecular formula is C15H17NO5. The Labute approximate surface area is 121 Å². The van der Waals surface area contributed by atoms with Crippen molar-refractivity contribution in [1.29, 1.82) is 0 Å². The molecule has 0 fully saturated rings. The Hall–Kier alpha value is -2.34. The number of nitrogens with one attached hydrogen (secondary N) is 1. The van der Waals surface area contributed by atoms with Crippen LogP contribution >= 0.6 is 0 Å². The summed E-state index contributed by atoms with van der Waals surface area (Å²) in [5.74, 6) is -1.02. The highest BCUT2D eigenvalue weighted by Crippen LogP contribution is 2.26. The predicted octanol–water partition coefficient (Wildman–Crippen LogP) is 2.17. The minimum atomic E-state index is -0.881.